The number of hydrogen-bond acceptors (Lipinski definition) is 4. The van der Waals surface area contributed by atoms with Crippen LogP contribution in [0.1, 0.15) is 12.8 Å². The molecule has 0 heterocycles. The van der Waals surface area contributed by atoms with Crippen LogP contribution in [0.4, 0.5) is 0 Å². The van der Waals surface area contributed by atoms with Crippen LogP contribution in [0.2, 0.25) is 0 Å². The van der Waals surface area contributed by atoms with E-state index in [1.807, 2.05) is 0 Å². The fourth-order valence-electron chi connectivity index (χ4n) is 0.204. The number of carboxylic acids is 2. The van der Waals surface area contributed by atoms with Gasteiger partial charge in [-0.1, -0.05) is 0 Å². The SMILES string of the molecule is O=C([O-])CCC(=O)[O-].[Cu+2]. The first-order chi connectivity index (χ1) is 3.63. The molecule has 0 aliphatic carbocycles. The van der Waals surface area contributed by atoms with Gasteiger partial charge in [0.1, 0.15) is 0 Å². The van der Waals surface area contributed by atoms with Crippen molar-refractivity contribution in [1.29, 1.82) is 0 Å². The van der Waals surface area contributed by atoms with Crippen LogP contribution in [0.25, 0.3) is 0 Å². The Bertz CT molecular complexity index is 97.1. The molecular formula is C4H4CuO4. The normalized spacial score (nSPS) is 7.56. The molecule has 0 bridgehead atoms. The summed E-state index contributed by atoms with van der Waals surface area (Å²) in [6.45, 7) is 0. The van der Waals surface area contributed by atoms with Crippen molar-refractivity contribution in [2.24, 2.45) is 0 Å². The summed E-state index contributed by atoms with van der Waals surface area (Å²) in [6.07, 6.45) is -0.940. The van der Waals surface area contributed by atoms with Gasteiger partial charge in [0.25, 0.3) is 0 Å². The number of hydrogen-bond donors (Lipinski definition) is 0. The molecule has 0 unspecified atom stereocenters. The third-order valence-corrected chi connectivity index (χ3v) is 0.533. The van der Waals surface area contributed by atoms with Gasteiger partial charge in [0, 0.05) is 11.9 Å². The van der Waals surface area contributed by atoms with E-state index in [1.165, 1.54) is 0 Å². The van der Waals surface area contributed by atoms with Crippen LogP contribution < -0.4 is 10.2 Å². The van der Waals surface area contributed by atoms with Gasteiger partial charge in [-0.3, -0.25) is 0 Å². The fourth-order valence-corrected chi connectivity index (χ4v) is 0.204. The van der Waals surface area contributed by atoms with Gasteiger partial charge in [-0.2, -0.15) is 0 Å². The zero-order valence-corrected chi connectivity index (χ0v) is 5.29. The average Bonchev–Trinajstić information content (AvgIpc) is 1.61. The van der Waals surface area contributed by atoms with Crippen molar-refractivity contribution >= 4 is 11.9 Å². The van der Waals surface area contributed by atoms with Gasteiger partial charge in [0.05, 0.1) is 0 Å². The summed E-state index contributed by atoms with van der Waals surface area (Å²) in [5.41, 5.74) is 0. The molecule has 0 aliphatic heterocycles. The molecule has 0 rings (SSSR count). The summed E-state index contributed by atoms with van der Waals surface area (Å²) in [6, 6.07) is 0. The van der Waals surface area contributed by atoms with Crippen molar-refractivity contribution in [3.63, 3.8) is 0 Å². The third kappa shape index (κ3) is 11.2. The Kier molecular flexibility index (Phi) is 7.01. The smallest absolute Gasteiger partial charge is 0.550 e. The predicted octanol–water partition coefficient (Wildman–Crippen LogP) is -2.74. The van der Waals surface area contributed by atoms with Gasteiger partial charge in [0.15, 0.2) is 0 Å². The first-order valence-electron chi connectivity index (χ1n) is 2.02. The molecule has 9 heavy (non-hydrogen) atoms. The Hall–Kier alpha value is -0.541. The van der Waals surface area contributed by atoms with Gasteiger partial charge in [-0.25, -0.2) is 0 Å². The van der Waals surface area contributed by atoms with Crippen molar-refractivity contribution in [2.75, 3.05) is 0 Å². The van der Waals surface area contributed by atoms with Gasteiger partial charge < -0.3 is 19.8 Å². The molecule has 5 heteroatoms. The average molecular weight is 180 g/mol. The van der Waals surface area contributed by atoms with Crippen molar-refractivity contribution in [1.82, 2.24) is 0 Å². The summed E-state index contributed by atoms with van der Waals surface area (Å²) in [5.74, 6) is -2.73. The standard InChI is InChI=1S/C4H6O4.Cu/c5-3(6)1-2-4(7)8;/h1-2H2,(H,5,6)(H,7,8);/q;+2/p-2. The quantitative estimate of drug-likeness (QED) is 0.441. The van der Waals surface area contributed by atoms with Crippen LogP contribution in [0.15, 0.2) is 0 Å². The van der Waals surface area contributed by atoms with E-state index in [-0.39, 0.29) is 17.1 Å². The maximum absolute atomic E-state index is 9.50. The minimum absolute atomic E-state index is 0. The number of carbonyl (C=O) groups is 2. The molecule has 0 aromatic heterocycles. The molecule has 0 saturated heterocycles. The molecule has 1 radical (unpaired) electrons. The van der Waals surface area contributed by atoms with Crippen LogP contribution >= 0.6 is 0 Å². The molecule has 4 nitrogen and oxygen atoms in total. The van der Waals surface area contributed by atoms with E-state index in [1.54, 1.807) is 0 Å². The predicted molar refractivity (Wildman–Crippen MR) is 19.2 cm³/mol. The van der Waals surface area contributed by atoms with Crippen LogP contribution in [-0.2, 0) is 26.7 Å². The number of carboxylic acid groups (broad SMARTS) is 2. The second-order valence-electron chi connectivity index (χ2n) is 1.24. The van der Waals surface area contributed by atoms with Gasteiger partial charge >= 0.3 is 17.1 Å². The Balaban J connectivity index is 0. The van der Waals surface area contributed by atoms with Gasteiger partial charge in [0.2, 0.25) is 0 Å². The summed E-state index contributed by atoms with van der Waals surface area (Å²) in [5, 5.41) is 19.0. The zero-order chi connectivity index (χ0) is 6.57. The topological polar surface area (TPSA) is 80.3 Å². The van der Waals surface area contributed by atoms with Crippen molar-refractivity contribution in [3.05, 3.63) is 0 Å². The molecule has 0 aromatic rings. The number of carbonyl (C=O) groups excluding carboxylic acids is 2. The molecule has 0 fully saturated rings. The Morgan fingerprint density at radius 1 is 1.00 bits per heavy atom. The third-order valence-electron chi connectivity index (χ3n) is 0.533. The molecule has 55 valence electrons. The van der Waals surface area contributed by atoms with Gasteiger partial charge in [-0.15, -0.1) is 0 Å². The largest absolute Gasteiger partial charge is 2.00 e. The van der Waals surface area contributed by atoms with Crippen LogP contribution in [-0.4, -0.2) is 11.9 Å². The summed E-state index contributed by atoms with van der Waals surface area (Å²) in [4.78, 5) is 19.0. The first-order valence-corrected chi connectivity index (χ1v) is 2.02. The van der Waals surface area contributed by atoms with E-state index in [0.29, 0.717) is 0 Å². The molecule has 0 aromatic carbocycles. The summed E-state index contributed by atoms with van der Waals surface area (Å²) in [7, 11) is 0. The van der Waals surface area contributed by atoms with Crippen LogP contribution in [0, 0.1) is 0 Å². The maximum Gasteiger partial charge on any atom is 2.00 e. The summed E-state index contributed by atoms with van der Waals surface area (Å²) >= 11 is 0. The molecule has 0 saturated carbocycles. The van der Waals surface area contributed by atoms with Gasteiger partial charge in [-0.05, 0) is 12.8 Å². The Morgan fingerprint density at radius 2 is 1.22 bits per heavy atom. The maximum atomic E-state index is 9.50. The number of aliphatic carboxylic acids is 2. The van der Waals surface area contributed by atoms with E-state index in [9.17, 15) is 19.8 Å². The molecule has 0 N–H and O–H groups in total. The van der Waals surface area contributed by atoms with Crippen molar-refractivity contribution < 1.29 is 36.9 Å². The Labute approximate surface area is 62.3 Å². The van der Waals surface area contributed by atoms with E-state index in [4.69, 9.17) is 0 Å². The minimum Gasteiger partial charge on any atom is -0.550 e. The van der Waals surface area contributed by atoms with Crippen LogP contribution in [0.5, 0.6) is 0 Å². The Morgan fingerprint density at radius 3 is 1.33 bits per heavy atom. The second-order valence-corrected chi connectivity index (χ2v) is 1.24. The van der Waals surface area contributed by atoms with E-state index in [2.05, 4.69) is 0 Å². The summed E-state index contributed by atoms with van der Waals surface area (Å²) < 4.78 is 0. The molecule has 0 amide bonds. The second kappa shape index (κ2) is 5.59. The number of rotatable bonds is 3. The molecule has 0 aliphatic rings. The molecular weight excluding hydrogens is 176 g/mol. The van der Waals surface area contributed by atoms with Crippen LogP contribution in [0.3, 0.4) is 0 Å². The van der Waals surface area contributed by atoms with E-state index >= 15 is 0 Å². The fraction of sp³-hybridized carbons (Fsp3) is 0.500. The minimum atomic E-state index is -1.37. The molecule has 0 atom stereocenters. The molecule has 0 spiro atoms. The van der Waals surface area contributed by atoms with E-state index in [0.717, 1.165) is 0 Å². The monoisotopic (exact) mass is 179 g/mol. The zero-order valence-electron chi connectivity index (χ0n) is 4.35. The van der Waals surface area contributed by atoms with Crippen molar-refractivity contribution in [2.45, 2.75) is 12.8 Å². The first kappa shape index (κ1) is 11.3. The van der Waals surface area contributed by atoms with Crippen molar-refractivity contribution in [3.8, 4) is 0 Å². The van der Waals surface area contributed by atoms with E-state index < -0.39 is 24.8 Å².